The van der Waals surface area contributed by atoms with E-state index in [1.54, 1.807) is 6.07 Å². The largest absolute Gasteiger partial charge is 0.460 e. The highest BCUT2D eigenvalue weighted by atomic mass is 19.1. The maximum atomic E-state index is 13.5. The van der Waals surface area contributed by atoms with Crippen LogP contribution in [0.25, 0.3) is 0 Å². The van der Waals surface area contributed by atoms with Gasteiger partial charge in [0.2, 0.25) is 0 Å². The molecule has 27 heavy (non-hydrogen) atoms. The van der Waals surface area contributed by atoms with Gasteiger partial charge >= 0.3 is 5.97 Å². The molecule has 1 aliphatic rings. The van der Waals surface area contributed by atoms with E-state index in [4.69, 9.17) is 9.73 Å². The zero-order chi connectivity index (χ0) is 19.3. The summed E-state index contributed by atoms with van der Waals surface area (Å²) in [6.45, 7) is 4.31. The van der Waals surface area contributed by atoms with E-state index in [2.05, 4.69) is 0 Å². The van der Waals surface area contributed by atoms with Crippen LogP contribution in [0.5, 0.6) is 0 Å². The molecule has 0 saturated carbocycles. The van der Waals surface area contributed by atoms with Gasteiger partial charge in [0, 0.05) is 5.71 Å². The lowest BCUT2D eigenvalue weighted by molar-refractivity contribution is -0.159. The van der Waals surface area contributed by atoms with Crippen LogP contribution in [0.3, 0.4) is 0 Å². The highest BCUT2D eigenvalue weighted by molar-refractivity contribution is 6.02. The number of esters is 1. The van der Waals surface area contributed by atoms with Crippen molar-refractivity contribution >= 4 is 11.7 Å². The Labute approximate surface area is 160 Å². The molecule has 3 rings (SSSR count). The minimum absolute atomic E-state index is 0.131. The molecule has 1 aliphatic heterocycles. The van der Waals surface area contributed by atoms with Gasteiger partial charge in [-0.1, -0.05) is 56.3 Å². The second-order valence-electron chi connectivity index (χ2n) is 7.07. The first-order chi connectivity index (χ1) is 13.1. The zero-order valence-corrected chi connectivity index (χ0v) is 16.0. The fourth-order valence-electron chi connectivity index (χ4n) is 3.89. The molecule has 142 valence electrons. The molecule has 2 aromatic carbocycles. The highest BCUT2D eigenvalue weighted by Gasteiger charge is 2.46. The number of carbonyl (C=O) groups is 1. The third kappa shape index (κ3) is 4.10. The van der Waals surface area contributed by atoms with Crippen LogP contribution in [-0.4, -0.2) is 17.7 Å². The minimum atomic E-state index is -0.635. The maximum absolute atomic E-state index is 13.5. The van der Waals surface area contributed by atoms with Gasteiger partial charge in [-0.2, -0.15) is 0 Å². The first-order valence-electron chi connectivity index (χ1n) is 9.63. The van der Waals surface area contributed by atoms with Gasteiger partial charge in [-0.15, -0.1) is 0 Å². The molecule has 0 radical (unpaired) electrons. The standard InChI is InChI=1S/C23H26FNO2/c1-3-23(4-2,22(26)27-16-17-9-6-5-7-10-17)21-14-13-20(25-21)18-11-8-12-19(24)15-18/h5-12,15,21H,3-4,13-14,16H2,1-2H3/t21-/m1/s1. The number of halogens is 1. The van der Waals surface area contributed by atoms with Crippen LogP contribution < -0.4 is 0 Å². The molecular formula is C23H26FNO2. The van der Waals surface area contributed by atoms with Gasteiger partial charge in [0.05, 0.1) is 11.5 Å². The van der Waals surface area contributed by atoms with E-state index in [1.807, 2.05) is 50.2 Å². The summed E-state index contributed by atoms with van der Waals surface area (Å²) in [5.74, 6) is -0.455. The Hall–Kier alpha value is -2.49. The molecule has 0 N–H and O–H groups in total. The third-order valence-electron chi connectivity index (χ3n) is 5.64. The van der Waals surface area contributed by atoms with Crippen molar-refractivity contribution in [2.24, 2.45) is 10.4 Å². The Bertz CT molecular complexity index is 812. The summed E-state index contributed by atoms with van der Waals surface area (Å²) < 4.78 is 19.2. The lowest BCUT2D eigenvalue weighted by atomic mass is 9.74. The van der Waals surface area contributed by atoms with E-state index in [0.29, 0.717) is 12.8 Å². The molecule has 0 amide bonds. The predicted molar refractivity (Wildman–Crippen MR) is 105 cm³/mol. The van der Waals surface area contributed by atoms with E-state index >= 15 is 0 Å². The van der Waals surface area contributed by atoms with Gasteiger partial charge in [-0.3, -0.25) is 9.79 Å². The van der Waals surface area contributed by atoms with Crippen LogP contribution in [0.2, 0.25) is 0 Å². The second-order valence-corrected chi connectivity index (χ2v) is 7.07. The van der Waals surface area contributed by atoms with E-state index in [-0.39, 0.29) is 24.4 Å². The summed E-state index contributed by atoms with van der Waals surface area (Å²) in [5, 5.41) is 0. The van der Waals surface area contributed by atoms with Crippen molar-refractivity contribution in [2.45, 2.75) is 52.2 Å². The summed E-state index contributed by atoms with van der Waals surface area (Å²) in [4.78, 5) is 17.9. The Morgan fingerprint density at radius 3 is 2.56 bits per heavy atom. The van der Waals surface area contributed by atoms with Gasteiger partial charge < -0.3 is 4.74 Å². The minimum Gasteiger partial charge on any atom is -0.460 e. The van der Waals surface area contributed by atoms with Gasteiger partial charge in [0.25, 0.3) is 0 Å². The summed E-state index contributed by atoms with van der Waals surface area (Å²) in [6.07, 6.45) is 2.87. The first-order valence-corrected chi connectivity index (χ1v) is 9.63. The van der Waals surface area contributed by atoms with Gasteiger partial charge in [0.15, 0.2) is 0 Å². The lowest BCUT2D eigenvalue weighted by Crippen LogP contribution is -2.41. The lowest BCUT2D eigenvalue weighted by Gasteiger charge is -2.33. The van der Waals surface area contributed by atoms with Crippen LogP contribution >= 0.6 is 0 Å². The Balaban J connectivity index is 1.78. The van der Waals surface area contributed by atoms with Crippen LogP contribution in [0, 0.1) is 11.2 Å². The molecule has 1 atom stereocenters. The molecule has 0 bridgehead atoms. The Morgan fingerprint density at radius 2 is 1.89 bits per heavy atom. The number of hydrogen-bond acceptors (Lipinski definition) is 3. The van der Waals surface area contributed by atoms with Crippen molar-refractivity contribution in [1.29, 1.82) is 0 Å². The van der Waals surface area contributed by atoms with Crippen LogP contribution in [0.1, 0.15) is 50.7 Å². The van der Waals surface area contributed by atoms with Crippen LogP contribution in [0.15, 0.2) is 59.6 Å². The second kappa shape index (κ2) is 8.47. The molecule has 0 fully saturated rings. The van der Waals surface area contributed by atoms with E-state index in [9.17, 15) is 9.18 Å². The average Bonchev–Trinajstić information content (AvgIpc) is 3.19. The molecule has 0 aliphatic carbocycles. The van der Waals surface area contributed by atoms with Crippen molar-refractivity contribution in [3.63, 3.8) is 0 Å². The highest BCUT2D eigenvalue weighted by Crippen LogP contribution is 2.40. The molecule has 0 spiro atoms. The third-order valence-corrected chi connectivity index (χ3v) is 5.64. The topological polar surface area (TPSA) is 38.7 Å². The van der Waals surface area contributed by atoms with Crippen LogP contribution in [0.4, 0.5) is 4.39 Å². The van der Waals surface area contributed by atoms with Crippen molar-refractivity contribution in [2.75, 3.05) is 0 Å². The number of benzene rings is 2. The SMILES string of the molecule is CCC(CC)(C(=O)OCc1ccccc1)[C@H]1CCC(c2cccc(F)c2)=N1. The van der Waals surface area contributed by atoms with Gasteiger partial charge in [-0.05, 0) is 48.9 Å². The number of aliphatic imine (C=N–C) groups is 1. The van der Waals surface area contributed by atoms with E-state index in [1.165, 1.54) is 12.1 Å². The average molecular weight is 367 g/mol. The van der Waals surface area contributed by atoms with Crippen molar-refractivity contribution in [3.8, 4) is 0 Å². The van der Waals surface area contributed by atoms with Crippen molar-refractivity contribution < 1.29 is 13.9 Å². The van der Waals surface area contributed by atoms with Crippen LogP contribution in [-0.2, 0) is 16.1 Å². The number of rotatable bonds is 7. The normalized spacial score (nSPS) is 16.9. The van der Waals surface area contributed by atoms with Crippen molar-refractivity contribution in [3.05, 3.63) is 71.5 Å². The molecule has 0 saturated heterocycles. The first kappa shape index (κ1) is 19.3. The zero-order valence-electron chi connectivity index (χ0n) is 16.0. The fourth-order valence-corrected chi connectivity index (χ4v) is 3.89. The molecule has 0 unspecified atom stereocenters. The fraction of sp³-hybridized carbons (Fsp3) is 0.391. The monoisotopic (exact) mass is 367 g/mol. The predicted octanol–water partition coefficient (Wildman–Crippen LogP) is 5.33. The smallest absolute Gasteiger partial charge is 0.314 e. The Kier molecular flexibility index (Phi) is 6.04. The molecule has 4 heteroatoms. The van der Waals surface area contributed by atoms with Gasteiger partial charge in [0.1, 0.15) is 12.4 Å². The van der Waals surface area contributed by atoms with Crippen molar-refractivity contribution in [1.82, 2.24) is 0 Å². The summed E-state index contributed by atoms with van der Waals surface area (Å²) in [6, 6.07) is 16.1. The summed E-state index contributed by atoms with van der Waals surface area (Å²) in [7, 11) is 0. The number of hydrogen-bond donors (Lipinski definition) is 0. The molecule has 3 nitrogen and oxygen atoms in total. The molecule has 0 aromatic heterocycles. The number of nitrogens with zero attached hydrogens (tertiary/aromatic N) is 1. The maximum Gasteiger partial charge on any atom is 0.314 e. The summed E-state index contributed by atoms with van der Waals surface area (Å²) in [5.41, 5.74) is 2.02. The van der Waals surface area contributed by atoms with E-state index < -0.39 is 5.41 Å². The van der Waals surface area contributed by atoms with E-state index in [0.717, 1.165) is 29.7 Å². The Morgan fingerprint density at radius 1 is 1.15 bits per heavy atom. The van der Waals surface area contributed by atoms with Gasteiger partial charge in [-0.25, -0.2) is 4.39 Å². The molecule has 2 aromatic rings. The number of ether oxygens (including phenoxy) is 1. The number of carbonyl (C=O) groups excluding carboxylic acids is 1. The quantitative estimate of drug-likeness (QED) is 0.621. The molecular weight excluding hydrogens is 341 g/mol. The molecule has 1 heterocycles. The summed E-state index contributed by atoms with van der Waals surface area (Å²) >= 11 is 0.